The number of fused-ring (bicyclic) bond motifs is 2. The van der Waals surface area contributed by atoms with Gasteiger partial charge >= 0.3 is 0 Å². The van der Waals surface area contributed by atoms with E-state index in [2.05, 4.69) is 10.2 Å². The summed E-state index contributed by atoms with van der Waals surface area (Å²) in [6.45, 7) is 1.17. The van der Waals surface area contributed by atoms with E-state index >= 15 is 0 Å². The molecule has 0 aliphatic heterocycles. The molecule has 3 rings (SSSR count). The van der Waals surface area contributed by atoms with Crippen LogP contribution in [0.5, 0.6) is 0 Å². The summed E-state index contributed by atoms with van der Waals surface area (Å²) in [6, 6.07) is 10.6. The van der Waals surface area contributed by atoms with Crippen molar-refractivity contribution in [2.24, 2.45) is 0 Å². The lowest BCUT2D eigenvalue weighted by Gasteiger charge is -2.19. The molecule has 0 aliphatic carbocycles. The zero-order valence-electron chi connectivity index (χ0n) is 18.9. The maximum atomic E-state index is 13.4. The maximum Gasteiger partial charge on any atom is 0.281 e. The Morgan fingerprint density at radius 3 is 2.36 bits per heavy atom. The lowest BCUT2D eigenvalue weighted by molar-refractivity contribution is 0.0391. The highest BCUT2D eigenvalue weighted by Gasteiger charge is 2.25. The summed E-state index contributed by atoms with van der Waals surface area (Å²) in [5.41, 5.74) is 0.937. The number of hydroxylamine groups is 1. The van der Waals surface area contributed by atoms with E-state index in [0.717, 1.165) is 30.2 Å². The number of hydrogen-bond donors (Lipinski definition) is 1. The fourth-order valence-corrected chi connectivity index (χ4v) is 6.04. The summed E-state index contributed by atoms with van der Waals surface area (Å²) in [4.78, 5) is 15.5. The molecule has 0 atom stereocenters. The molecule has 0 saturated carbocycles. The molecule has 0 fully saturated rings. The van der Waals surface area contributed by atoms with Gasteiger partial charge in [0.15, 0.2) is 5.43 Å². The molecule has 0 saturated heterocycles. The molecule has 12 heteroatoms. The molecule has 3 aromatic rings. The smallest absolute Gasteiger partial charge is 0.281 e. The molecule has 0 radical (unpaired) electrons. The first-order valence-corrected chi connectivity index (χ1v) is 14.6. The molecule has 1 aromatic heterocycles. The molecule has 1 N–H and O–H groups in total. The van der Waals surface area contributed by atoms with Gasteiger partial charge in [0.2, 0.25) is 10.0 Å². The standard InChI is InChI=1S/C21H27N3O6S3/c1-23(2)13-7-12-22-17-11-10-15(14-24(32(3,26)27)30-33(4,28)29)21-19(17)20(25)16-8-5-6-9-18(16)31-21/h5-6,8-11,22H,7,12-14H2,1-4H3. The van der Waals surface area contributed by atoms with E-state index < -0.39 is 20.1 Å². The first kappa shape index (κ1) is 25.5. The van der Waals surface area contributed by atoms with E-state index in [1.165, 1.54) is 11.3 Å². The van der Waals surface area contributed by atoms with Gasteiger partial charge < -0.3 is 10.2 Å². The molecule has 2 aromatic carbocycles. The minimum absolute atomic E-state index is 0.175. The second kappa shape index (κ2) is 10.0. The van der Waals surface area contributed by atoms with Crippen LogP contribution in [0.2, 0.25) is 0 Å². The first-order valence-electron chi connectivity index (χ1n) is 10.1. The lowest BCUT2D eigenvalue weighted by Crippen LogP contribution is -2.32. The van der Waals surface area contributed by atoms with Crippen molar-refractivity contribution in [3.63, 3.8) is 0 Å². The average Bonchev–Trinajstić information content (AvgIpc) is 2.70. The van der Waals surface area contributed by atoms with Crippen LogP contribution in [0.1, 0.15) is 12.0 Å². The number of rotatable bonds is 10. The van der Waals surface area contributed by atoms with Gasteiger partial charge in [0.1, 0.15) is 0 Å². The monoisotopic (exact) mass is 513 g/mol. The van der Waals surface area contributed by atoms with Crippen molar-refractivity contribution in [3.05, 3.63) is 52.2 Å². The molecule has 0 bridgehead atoms. The zero-order valence-corrected chi connectivity index (χ0v) is 21.3. The highest BCUT2D eigenvalue weighted by Crippen LogP contribution is 2.33. The quantitative estimate of drug-likeness (QED) is 0.250. The van der Waals surface area contributed by atoms with Gasteiger partial charge in [-0.15, -0.1) is 11.3 Å². The average molecular weight is 514 g/mol. The van der Waals surface area contributed by atoms with Gasteiger partial charge in [-0.2, -0.15) is 12.7 Å². The van der Waals surface area contributed by atoms with Crippen LogP contribution in [0.3, 0.4) is 0 Å². The van der Waals surface area contributed by atoms with E-state index in [4.69, 9.17) is 4.28 Å². The number of sulfonamides is 1. The second-order valence-electron chi connectivity index (χ2n) is 7.99. The molecule has 9 nitrogen and oxygen atoms in total. The highest BCUT2D eigenvalue weighted by atomic mass is 32.2. The van der Waals surface area contributed by atoms with Gasteiger partial charge in [0.25, 0.3) is 10.1 Å². The molecule has 0 unspecified atom stereocenters. The highest BCUT2D eigenvalue weighted by molar-refractivity contribution is 7.89. The number of nitrogens with zero attached hydrogens (tertiary/aromatic N) is 2. The Bertz CT molecular complexity index is 1430. The molecule has 0 spiro atoms. The Labute approximate surface area is 197 Å². The van der Waals surface area contributed by atoms with Crippen LogP contribution >= 0.6 is 11.3 Å². The summed E-state index contributed by atoms with van der Waals surface area (Å²) in [6.07, 6.45) is 2.50. The number of nitrogens with one attached hydrogen (secondary N) is 1. The molecule has 0 aliphatic rings. The van der Waals surface area contributed by atoms with Crippen molar-refractivity contribution in [1.29, 1.82) is 0 Å². The van der Waals surface area contributed by atoms with Crippen LogP contribution in [-0.4, -0.2) is 65.9 Å². The Morgan fingerprint density at radius 2 is 1.73 bits per heavy atom. The van der Waals surface area contributed by atoms with Crippen molar-refractivity contribution < 1.29 is 21.1 Å². The number of hydrogen-bond acceptors (Lipinski definition) is 9. The van der Waals surface area contributed by atoms with Crippen molar-refractivity contribution in [1.82, 2.24) is 9.37 Å². The summed E-state index contributed by atoms with van der Waals surface area (Å²) >= 11 is 1.35. The first-order chi connectivity index (χ1) is 15.4. The zero-order chi connectivity index (χ0) is 24.4. The third-order valence-electron chi connectivity index (χ3n) is 4.80. The van der Waals surface area contributed by atoms with Gasteiger partial charge in [-0.25, -0.2) is 8.42 Å². The van der Waals surface area contributed by atoms with Gasteiger partial charge in [-0.1, -0.05) is 22.7 Å². The van der Waals surface area contributed by atoms with Crippen molar-refractivity contribution in [2.45, 2.75) is 13.0 Å². The van der Waals surface area contributed by atoms with E-state index in [9.17, 15) is 21.6 Å². The molecule has 0 amide bonds. The number of anilines is 1. The Hall–Kier alpha value is -2.09. The van der Waals surface area contributed by atoms with Crippen molar-refractivity contribution in [2.75, 3.05) is 45.0 Å². The van der Waals surface area contributed by atoms with Crippen LogP contribution in [-0.2, 0) is 31.0 Å². The Kier molecular flexibility index (Phi) is 7.76. The fraction of sp³-hybridized carbons (Fsp3) is 0.381. The third-order valence-corrected chi connectivity index (χ3v) is 7.53. The predicted molar refractivity (Wildman–Crippen MR) is 134 cm³/mol. The third kappa shape index (κ3) is 6.49. The van der Waals surface area contributed by atoms with E-state index in [1.807, 2.05) is 26.2 Å². The molecule has 33 heavy (non-hydrogen) atoms. The van der Waals surface area contributed by atoms with Crippen LogP contribution in [0.15, 0.2) is 41.2 Å². The van der Waals surface area contributed by atoms with Gasteiger partial charge in [0.05, 0.1) is 24.4 Å². The van der Waals surface area contributed by atoms with E-state index in [1.54, 1.807) is 24.3 Å². The van der Waals surface area contributed by atoms with E-state index in [0.29, 0.717) is 37.7 Å². The van der Waals surface area contributed by atoms with Crippen LogP contribution in [0.25, 0.3) is 20.2 Å². The largest absolute Gasteiger partial charge is 0.384 e. The molecular weight excluding hydrogens is 486 g/mol. The molecule has 1 heterocycles. The fourth-order valence-electron chi connectivity index (χ4n) is 3.33. The van der Waals surface area contributed by atoms with Gasteiger partial charge in [-0.05, 0) is 50.8 Å². The van der Waals surface area contributed by atoms with Gasteiger partial charge in [0, 0.05) is 27.0 Å². The second-order valence-corrected chi connectivity index (χ2v) is 12.5. The maximum absolute atomic E-state index is 13.4. The van der Waals surface area contributed by atoms with Gasteiger partial charge in [-0.3, -0.25) is 4.79 Å². The van der Waals surface area contributed by atoms with E-state index in [-0.39, 0.29) is 12.0 Å². The Balaban J connectivity index is 2.14. The molecule has 180 valence electrons. The lowest BCUT2D eigenvalue weighted by atomic mass is 10.1. The van der Waals surface area contributed by atoms with Crippen LogP contribution < -0.4 is 10.7 Å². The summed E-state index contributed by atoms with van der Waals surface area (Å²) in [7, 11) is -4.12. The summed E-state index contributed by atoms with van der Waals surface area (Å²) in [5, 5.41) is 4.32. The molecular formula is C21H27N3O6S3. The minimum atomic E-state index is -4.08. The normalized spacial score (nSPS) is 12.8. The summed E-state index contributed by atoms with van der Waals surface area (Å²) < 4.78 is 54.1. The Morgan fingerprint density at radius 1 is 1.03 bits per heavy atom. The summed E-state index contributed by atoms with van der Waals surface area (Å²) in [5.74, 6) is 0. The van der Waals surface area contributed by atoms with Crippen LogP contribution in [0.4, 0.5) is 5.69 Å². The predicted octanol–water partition coefficient (Wildman–Crippen LogP) is 2.43. The topological polar surface area (TPSA) is 113 Å². The van der Waals surface area contributed by atoms with Crippen molar-refractivity contribution in [3.8, 4) is 0 Å². The van der Waals surface area contributed by atoms with Crippen molar-refractivity contribution >= 4 is 57.3 Å². The number of benzene rings is 2. The minimum Gasteiger partial charge on any atom is -0.384 e. The SMILES string of the molecule is CN(C)CCCNc1ccc(CN(OS(C)(=O)=O)S(C)(=O)=O)c2sc3ccccc3c(=O)c12. The van der Waals surface area contributed by atoms with Crippen LogP contribution in [0, 0.1) is 0 Å².